The second-order valence-corrected chi connectivity index (χ2v) is 3.54. The largest absolute Gasteiger partial charge is 0.369 e. The van der Waals surface area contributed by atoms with Crippen molar-refractivity contribution >= 4 is 28.2 Å². The van der Waals surface area contributed by atoms with Crippen molar-refractivity contribution < 1.29 is 4.79 Å². The molecule has 3 nitrogen and oxygen atoms in total. The first kappa shape index (κ1) is 9.62. The van der Waals surface area contributed by atoms with E-state index < -0.39 is 0 Å². The molecule has 58 valence electrons. The Morgan fingerprint density at radius 2 is 2.20 bits per heavy atom. The minimum Gasteiger partial charge on any atom is -0.369 e. The molecule has 0 saturated carbocycles. The number of alkyl halides is 1. The fourth-order valence-corrected chi connectivity index (χ4v) is 0.393. The number of halogens is 1. The summed E-state index contributed by atoms with van der Waals surface area (Å²) in [5.74, 6) is -0.159. The van der Waals surface area contributed by atoms with Crippen LogP contribution in [0.3, 0.4) is 0 Å². The lowest BCUT2D eigenvalue weighted by Crippen LogP contribution is -2.12. The number of aliphatic imine (C=N–C) groups is 1. The number of hydrogen-bond acceptors (Lipinski definition) is 1. The predicted octanol–water partition coefficient (Wildman–Crippen LogP) is 0.886. The standard InChI is InChI=1S/C6H11BrN2O/c1-5(7)6(10)8-4-9(2)3/h4-5H,1-3H3. The minimum absolute atomic E-state index is 0.159. The van der Waals surface area contributed by atoms with Gasteiger partial charge in [-0.1, -0.05) is 15.9 Å². The first-order valence-corrected chi connectivity index (χ1v) is 3.84. The number of nitrogens with zero attached hydrogens (tertiary/aromatic N) is 2. The van der Waals surface area contributed by atoms with Gasteiger partial charge in [-0.05, 0) is 6.92 Å². The van der Waals surface area contributed by atoms with Crippen molar-refractivity contribution in [3.63, 3.8) is 0 Å². The second-order valence-electron chi connectivity index (χ2n) is 2.16. The van der Waals surface area contributed by atoms with Crippen LogP contribution < -0.4 is 0 Å². The Morgan fingerprint density at radius 1 is 1.70 bits per heavy atom. The first-order valence-electron chi connectivity index (χ1n) is 2.92. The van der Waals surface area contributed by atoms with Crippen LogP contribution in [0.15, 0.2) is 4.99 Å². The molecule has 1 amide bonds. The summed E-state index contributed by atoms with van der Waals surface area (Å²) in [4.78, 5) is 15.9. The van der Waals surface area contributed by atoms with Crippen LogP contribution in [-0.2, 0) is 4.79 Å². The lowest BCUT2D eigenvalue weighted by Gasteiger charge is -2.01. The van der Waals surface area contributed by atoms with Gasteiger partial charge in [-0.15, -0.1) is 0 Å². The van der Waals surface area contributed by atoms with Crippen LogP contribution in [-0.4, -0.2) is 36.1 Å². The summed E-state index contributed by atoms with van der Waals surface area (Å²) in [5.41, 5.74) is 0. The Morgan fingerprint density at radius 3 is 2.50 bits per heavy atom. The Hall–Kier alpha value is -0.380. The lowest BCUT2D eigenvalue weighted by molar-refractivity contribution is -0.116. The summed E-state index contributed by atoms with van der Waals surface area (Å²) in [6.45, 7) is 1.75. The highest BCUT2D eigenvalue weighted by Crippen LogP contribution is 1.98. The molecule has 0 aromatic rings. The third kappa shape index (κ3) is 4.49. The molecule has 0 N–H and O–H groups in total. The van der Waals surface area contributed by atoms with E-state index in [1.807, 2.05) is 14.1 Å². The van der Waals surface area contributed by atoms with Crippen molar-refractivity contribution in [2.45, 2.75) is 11.8 Å². The van der Waals surface area contributed by atoms with Gasteiger partial charge >= 0.3 is 0 Å². The lowest BCUT2D eigenvalue weighted by atomic mass is 10.5. The third-order valence-electron chi connectivity index (χ3n) is 0.756. The molecule has 0 aliphatic heterocycles. The van der Waals surface area contributed by atoms with Gasteiger partial charge < -0.3 is 4.90 Å². The topological polar surface area (TPSA) is 32.7 Å². The molecule has 10 heavy (non-hydrogen) atoms. The third-order valence-corrected chi connectivity index (χ3v) is 1.15. The van der Waals surface area contributed by atoms with Gasteiger partial charge in [0, 0.05) is 14.1 Å². The first-order chi connectivity index (χ1) is 4.54. The molecule has 0 heterocycles. The van der Waals surface area contributed by atoms with Crippen LogP contribution >= 0.6 is 15.9 Å². The average molecular weight is 207 g/mol. The molecule has 0 rings (SSSR count). The molecule has 0 aliphatic rings. The van der Waals surface area contributed by atoms with E-state index in [-0.39, 0.29) is 10.7 Å². The van der Waals surface area contributed by atoms with E-state index in [1.54, 1.807) is 11.8 Å². The SMILES string of the molecule is CC(Br)C(=O)N=CN(C)C. The zero-order valence-corrected chi connectivity index (χ0v) is 7.92. The van der Waals surface area contributed by atoms with Crippen LogP contribution in [0, 0.1) is 0 Å². The van der Waals surface area contributed by atoms with Gasteiger partial charge in [-0.25, -0.2) is 4.99 Å². The van der Waals surface area contributed by atoms with Crippen molar-refractivity contribution in [3.8, 4) is 0 Å². The molecule has 0 aromatic carbocycles. The number of amides is 1. The van der Waals surface area contributed by atoms with Gasteiger partial charge in [-0.2, -0.15) is 0 Å². The number of carbonyl (C=O) groups excluding carboxylic acids is 1. The van der Waals surface area contributed by atoms with E-state index in [4.69, 9.17) is 0 Å². The summed E-state index contributed by atoms with van der Waals surface area (Å²) >= 11 is 3.11. The number of carbonyl (C=O) groups is 1. The van der Waals surface area contributed by atoms with E-state index in [9.17, 15) is 4.79 Å². The molecule has 1 atom stereocenters. The summed E-state index contributed by atoms with van der Waals surface area (Å²) in [6.07, 6.45) is 1.49. The fraction of sp³-hybridized carbons (Fsp3) is 0.667. The van der Waals surface area contributed by atoms with Crippen LogP contribution in [0.4, 0.5) is 0 Å². The quantitative estimate of drug-likeness (QED) is 0.382. The van der Waals surface area contributed by atoms with E-state index in [0.717, 1.165) is 0 Å². The minimum atomic E-state index is -0.191. The molecule has 0 saturated heterocycles. The maximum Gasteiger partial charge on any atom is 0.260 e. The molecule has 0 spiro atoms. The Balaban J connectivity index is 3.79. The van der Waals surface area contributed by atoms with Crippen molar-refractivity contribution in [2.24, 2.45) is 4.99 Å². The zero-order chi connectivity index (χ0) is 8.15. The summed E-state index contributed by atoms with van der Waals surface area (Å²) in [5, 5.41) is 0. The van der Waals surface area contributed by atoms with Gasteiger partial charge in [-0.3, -0.25) is 4.79 Å². The van der Waals surface area contributed by atoms with Crippen LogP contribution in [0.25, 0.3) is 0 Å². The summed E-state index contributed by atoms with van der Waals surface area (Å²) in [7, 11) is 3.63. The molecule has 4 heteroatoms. The summed E-state index contributed by atoms with van der Waals surface area (Å²) < 4.78 is 0. The average Bonchev–Trinajstić information content (AvgIpc) is 1.82. The van der Waals surface area contributed by atoms with E-state index >= 15 is 0 Å². The smallest absolute Gasteiger partial charge is 0.260 e. The monoisotopic (exact) mass is 206 g/mol. The van der Waals surface area contributed by atoms with E-state index in [1.165, 1.54) is 6.34 Å². The van der Waals surface area contributed by atoms with Gasteiger partial charge in [0.05, 0.1) is 11.2 Å². The van der Waals surface area contributed by atoms with Crippen LogP contribution in [0.5, 0.6) is 0 Å². The van der Waals surface area contributed by atoms with Crippen molar-refractivity contribution in [1.82, 2.24) is 4.90 Å². The molecule has 0 bridgehead atoms. The molecule has 0 radical (unpaired) electrons. The van der Waals surface area contributed by atoms with E-state index in [2.05, 4.69) is 20.9 Å². The zero-order valence-electron chi connectivity index (χ0n) is 6.34. The predicted molar refractivity (Wildman–Crippen MR) is 45.6 cm³/mol. The van der Waals surface area contributed by atoms with Gasteiger partial charge in [0.1, 0.15) is 0 Å². The van der Waals surface area contributed by atoms with Crippen molar-refractivity contribution in [2.75, 3.05) is 14.1 Å². The van der Waals surface area contributed by atoms with Crippen molar-refractivity contribution in [1.29, 1.82) is 0 Å². The molecule has 0 fully saturated rings. The molecule has 1 unspecified atom stereocenters. The maximum absolute atomic E-state index is 10.8. The molecule has 0 aliphatic carbocycles. The Kier molecular flexibility index (Phi) is 4.27. The Bertz CT molecular complexity index is 143. The highest BCUT2D eigenvalue weighted by atomic mass is 79.9. The molecule has 0 aromatic heterocycles. The van der Waals surface area contributed by atoms with Crippen molar-refractivity contribution in [3.05, 3.63) is 0 Å². The normalized spacial score (nSPS) is 13.6. The van der Waals surface area contributed by atoms with Crippen LogP contribution in [0.1, 0.15) is 6.92 Å². The molecular formula is C6H11BrN2O. The number of rotatable bonds is 2. The van der Waals surface area contributed by atoms with E-state index in [0.29, 0.717) is 0 Å². The summed E-state index contributed by atoms with van der Waals surface area (Å²) in [6, 6.07) is 0. The van der Waals surface area contributed by atoms with Gasteiger partial charge in [0.2, 0.25) is 0 Å². The molecular weight excluding hydrogens is 196 g/mol. The van der Waals surface area contributed by atoms with Gasteiger partial charge in [0.25, 0.3) is 5.91 Å². The fourth-order valence-electron chi connectivity index (χ4n) is 0.275. The maximum atomic E-state index is 10.8. The highest BCUT2D eigenvalue weighted by Gasteiger charge is 2.04. The highest BCUT2D eigenvalue weighted by molar-refractivity contribution is 9.10. The van der Waals surface area contributed by atoms with Crippen LogP contribution in [0.2, 0.25) is 0 Å². The van der Waals surface area contributed by atoms with Gasteiger partial charge in [0.15, 0.2) is 0 Å². The Labute approximate surface area is 69.2 Å². The number of hydrogen-bond donors (Lipinski definition) is 0. The second kappa shape index (κ2) is 4.44.